The summed E-state index contributed by atoms with van der Waals surface area (Å²) in [6.45, 7) is 6.87. The Kier molecular flexibility index (Phi) is 6.87. The van der Waals surface area contributed by atoms with Crippen molar-refractivity contribution in [2.45, 2.75) is 57.8 Å². The van der Waals surface area contributed by atoms with Gasteiger partial charge in [0.25, 0.3) is 0 Å². The first-order valence-corrected chi connectivity index (χ1v) is 10.3. The molecule has 0 aliphatic carbocycles. The first-order valence-electron chi connectivity index (χ1n) is 10.3. The van der Waals surface area contributed by atoms with Gasteiger partial charge in [-0.15, -0.1) is 0 Å². The van der Waals surface area contributed by atoms with Gasteiger partial charge in [0, 0.05) is 0 Å². The van der Waals surface area contributed by atoms with E-state index < -0.39 is 0 Å². The van der Waals surface area contributed by atoms with Gasteiger partial charge in [-0.3, -0.25) is 0 Å². The van der Waals surface area contributed by atoms with Gasteiger partial charge in [0.2, 0.25) is 0 Å². The van der Waals surface area contributed by atoms with Gasteiger partial charge >= 0.3 is 0 Å². The fraction of sp³-hybridized carbons (Fsp3) is 0.333. The van der Waals surface area contributed by atoms with E-state index in [0.29, 0.717) is 17.8 Å². The van der Waals surface area contributed by atoms with Gasteiger partial charge in [-0.05, 0) is 60.6 Å². The zero-order valence-corrected chi connectivity index (χ0v) is 16.9. The summed E-state index contributed by atoms with van der Waals surface area (Å²) >= 11 is 0. The van der Waals surface area contributed by atoms with Crippen LogP contribution in [-0.2, 0) is 0 Å². The zero-order chi connectivity index (χ0) is 19.1. The number of benzene rings is 3. The van der Waals surface area contributed by atoms with Crippen molar-refractivity contribution in [3.8, 4) is 0 Å². The fourth-order valence-electron chi connectivity index (χ4n) is 4.16. The molecule has 0 heterocycles. The van der Waals surface area contributed by atoms with Gasteiger partial charge in [-0.2, -0.15) is 0 Å². The summed E-state index contributed by atoms with van der Waals surface area (Å²) < 4.78 is 0. The average Bonchev–Trinajstić information content (AvgIpc) is 2.73. The van der Waals surface area contributed by atoms with E-state index in [-0.39, 0.29) is 0 Å². The van der Waals surface area contributed by atoms with Crippen molar-refractivity contribution in [2.75, 3.05) is 0 Å². The number of rotatable bonds is 8. The molecule has 3 aromatic rings. The minimum absolute atomic E-state index is 0.561. The average molecular weight is 357 g/mol. The lowest BCUT2D eigenvalue weighted by atomic mass is 9.78. The Morgan fingerprint density at radius 1 is 0.593 bits per heavy atom. The highest BCUT2D eigenvalue weighted by Gasteiger charge is 2.21. The highest BCUT2D eigenvalue weighted by Crippen LogP contribution is 2.38. The molecular weight excluding hydrogens is 324 g/mol. The molecule has 0 amide bonds. The minimum Gasteiger partial charge on any atom is -0.0648 e. The Labute approximate surface area is 165 Å². The molecule has 0 aliphatic heterocycles. The highest BCUT2D eigenvalue weighted by molar-refractivity contribution is 5.28. The lowest BCUT2D eigenvalue weighted by Gasteiger charge is -2.26. The second-order valence-electron chi connectivity index (χ2n) is 7.91. The van der Waals surface area contributed by atoms with Crippen molar-refractivity contribution in [3.63, 3.8) is 0 Å². The smallest absolute Gasteiger partial charge is 0.0150 e. The normalized spacial score (nSPS) is 14.5. The van der Waals surface area contributed by atoms with Gasteiger partial charge in [-0.25, -0.2) is 0 Å². The van der Waals surface area contributed by atoms with Crippen LogP contribution in [0.3, 0.4) is 0 Å². The first-order chi connectivity index (χ1) is 13.2. The van der Waals surface area contributed by atoms with Crippen LogP contribution in [0.2, 0.25) is 0 Å². The molecule has 0 bridgehead atoms. The third kappa shape index (κ3) is 5.32. The van der Waals surface area contributed by atoms with Crippen LogP contribution in [0.25, 0.3) is 0 Å². The van der Waals surface area contributed by atoms with E-state index in [0.717, 1.165) is 0 Å². The monoisotopic (exact) mass is 356 g/mol. The molecule has 0 aromatic heterocycles. The van der Waals surface area contributed by atoms with Crippen LogP contribution in [0.1, 0.15) is 73.1 Å². The third-order valence-corrected chi connectivity index (χ3v) is 5.89. The van der Waals surface area contributed by atoms with Gasteiger partial charge in [-0.1, -0.05) is 104 Å². The standard InChI is InChI=1S/C27H32/c1-4-23(25-13-9-6-10-14-25)20-27(26-17-15-21(2)16-18-26)19-22(3)24-11-7-5-8-12-24/h5-18,22-23,27H,4,19-20H2,1-3H3. The van der Waals surface area contributed by atoms with E-state index in [1.165, 1.54) is 41.5 Å². The molecule has 0 saturated carbocycles. The van der Waals surface area contributed by atoms with Crippen molar-refractivity contribution >= 4 is 0 Å². The summed E-state index contributed by atoms with van der Waals surface area (Å²) in [6.07, 6.45) is 3.59. The predicted octanol–water partition coefficient (Wildman–Crippen LogP) is 7.86. The molecule has 3 aromatic carbocycles. The maximum atomic E-state index is 2.37. The van der Waals surface area contributed by atoms with Crippen LogP contribution in [0, 0.1) is 6.92 Å². The van der Waals surface area contributed by atoms with Gasteiger partial charge in [0.15, 0.2) is 0 Å². The van der Waals surface area contributed by atoms with Crippen LogP contribution in [0.5, 0.6) is 0 Å². The van der Waals surface area contributed by atoms with Crippen LogP contribution < -0.4 is 0 Å². The molecule has 0 fully saturated rings. The van der Waals surface area contributed by atoms with Crippen molar-refractivity contribution in [1.82, 2.24) is 0 Å². The first kappa shape index (κ1) is 19.4. The molecule has 0 N–H and O–H groups in total. The maximum Gasteiger partial charge on any atom is -0.0150 e. The van der Waals surface area contributed by atoms with Crippen molar-refractivity contribution in [1.29, 1.82) is 0 Å². The zero-order valence-electron chi connectivity index (χ0n) is 16.9. The number of hydrogen-bond donors (Lipinski definition) is 0. The Morgan fingerprint density at radius 3 is 1.67 bits per heavy atom. The highest BCUT2D eigenvalue weighted by atomic mass is 14.3. The van der Waals surface area contributed by atoms with E-state index in [2.05, 4.69) is 106 Å². The molecule has 27 heavy (non-hydrogen) atoms. The Hall–Kier alpha value is -2.34. The summed E-state index contributed by atoms with van der Waals surface area (Å²) in [4.78, 5) is 0. The molecule has 0 saturated heterocycles. The minimum atomic E-state index is 0.561. The topological polar surface area (TPSA) is 0 Å². The summed E-state index contributed by atoms with van der Waals surface area (Å²) in [7, 11) is 0. The van der Waals surface area contributed by atoms with Crippen molar-refractivity contribution in [3.05, 3.63) is 107 Å². The van der Waals surface area contributed by atoms with Crippen LogP contribution in [-0.4, -0.2) is 0 Å². The van der Waals surface area contributed by atoms with Crippen LogP contribution >= 0.6 is 0 Å². The molecule has 3 unspecified atom stereocenters. The van der Waals surface area contributed by atoms with Crippen molar-refractivity contribution < 1.29 is 0 Å². The fourth-order valence-corrected chi connectivity index (χ4v) is 4.16. The lowest BCUT2D eigenvalue weighted by Crippen LogP contribution is -2.10. The molecule has 3 rings (SSSR count). The van der Waals surface area contributed by atoms with Crippen LogP contribution in [0.15, 0.2) is 84.9 Å². The number of hydrogen-bond acceptors (Lipinski definition) is 0. The molecule has 3 atom stereocenters. The van der Waals surface area contributed by atoms with E-state index in [1.54, 1.807) is 0 Å². The lowest BCUT2D eigenvalue weighted by molar-refractivity contribution is 0.467. The molecule has 140 valence electrons. The quantitative estimate of drug-likeness (QED) is 0.385. The van der Waals surface area contributed by atoms with Crippen LogP contribution in [0.4, 0.5) is 0 Å². The molecule has 0 spiro atoms. The second-order valence-corrected chi connectivity index (χ2v) is 7.91. The predicted molar refractivity (Wildman–Crippen MR) is 117 cm³/mol. The van der Waals surface area contributed by atoms with Gasteiger partial charge in [0.1, 0.15) is 0 Å². The maximum absolute atomic E-state index is 2.37. The Morgan fingerprint density at radius 2 is 1.11 bits per heavy atom. The molecule has 0 heteroatoms. The Bertz CT molecular complexity index is 786. The molecule has 0 nitrogen and oxygen atoms in total. The van der Waals surface area contributed by atoms with E-state index in [1.807, 2.05) is 0 Å². The molecule has 0 aliphatic rings. The SMILES string of the molecule is CCC(CC(CC(C)c1ccccc1)c1ccc(C)cc1)c1ccccc1. The summed E-state index contributed by atoms with van der Waals surface area (Å²) in [5.41, 5.74) is 5.74. The second kappa shape index (κ2) is 9.55. The summed E-state index contributed by atoms with van der Waals surface area (Å²) in [5, 5.41) is 0. The Balaban J connectivity index is 1.84. The van der Waals surface area contributed by atoms with E-state index in [9.17, 15) is 0 Å². The van der Waals surface area contributed by atoms with E-state index >= 15 is 0 Å². The summed E-state index contributed by atoms with van der Waals surface area (Å²) in [5.74, 6) is 1.75. The third-order valence-electron chi connectivity index (χ3n) is 5.89. The van der Waals surface area contributed by atoms with Gasteiger partial charge < -0.3 is 0 Å². The summed E-state index contributed by atoms with van der Waals surface area (Å²) in [6, 6.07) is 31.2. The van der Waals surface area contributed by atoms with Gasteiger partial charge in [0.05, 0.1) is 0 Å². The van der Waals surface area contributed by atoms with E-state index in [4.69, 9.17) is 0 Å². The molecule has 0 radical (unpaired) electrons. The molecular formula is C27H32. The van der Waals surface area contributed by atoms with Crippen molar-refractivity contribution in [2.24, 2.45) is 0 Å². The number of aryl methyl sites for hydroxylation is 1. The largest absolute Gasteiger partial charge is 0.0648 e.